The molecule has 0 atom stereocenters. The number of halogens is 3. The van der Waals surface area contributed by atoms with Crippen LogP contribution in [0.15, 0.2) is 6.20 Å². The van der Waals surface area contributed by atoms with Crippen LogP contribution in [0.5, 0.6) is 0 Å². The highest BCUT2D eigenvalue weighted by Crippen LogP contribution is 2.33. The van der Waals surface area contributed by atoms with E-state index in [0.29, 0.717) is 0 Å². The van der Waals surface area contributed by atoms with Crippen molar-refractivity contribution < 1.29 is 22.7 Å². The number of esters is 1. The molecule has 2 N–H and O–H groups in total. The third-order valence-electron chi connectivity index (χ3n) is 2.14. The Morgan fingerprint density at radius 3 is 2.59 bits per heavy atom. The number of hydrogen-bond donors (Lipinski definition) is 1. The summed E-state index contributed by atoms with van der Waals surface area (Å²) >= 11 is 0. The number of rotatable bonds is 2. The largest absolute Gasteiger partial charge is 0.462 e. The standard InChI is InChI=1S/C10H11F3N2O2/c1-3-17-9(16)6-4-15-8(10(11,12)13)5(2)7(6)14/h4H,3H2,1-2H3,(H2,14,15). The maximum absolute atomic E-state index is 12.5. The highest BCUT2D eigenvalue weighted by atomic mass is 19.4. The van der Waals surface area contributed by atoms with Gasteiger partial charge >= 0.3 is 12.1 Å². The number of anilines is 1. The predicted octanol–water partition coefficient (Wildman–Crippen LogP) is 2.17. The van der Waals surface area contributed by atoms with E-state index >= 15 is 0 Å². The highest BCUT2D eigenvalue weighted by molar-refractivity contribution is 5.95. The molecule has 0 bridgehead atoms. The summed E-state index contributed by atoms with van der Waals surface area (Å²) in [6, 6.07) is 0. The molecule has 0 saturated carbocycles. The van der Waals surface area contributed by atoms with Crippen molar-refractivity contribution in [3.63, 3.8) is 0 Å². The zero-order valence-corrected chi connectivity index (χ0v) is 9.26. The van der Waals surface area contributed by atoms with Crippen molar-refractivity contribution in [3.8, 4) is 0 Å². The number of nitrogens with two attached hydrogens (primary N) is 1. The van der Waals surface area contributed by atoms with Gasteiger partial charge in [0.2, 0.25) is 0 Å². The molecule has 0 aromatic carbocycles. The first-order valence-corrected chi connectivity index (χ1v) is 4.78. The van der Waals surface area contributed by atoms with Crippen LogP contribution in [0.25, 0.3) is 0 Å². The summed E-state index contributed by atoms with van der Waals surface area (Å²) in [4.78, 5) is 14.6. The van der Waals surface area contributed by atoms with E-state index in [2.05, 4.69) is 9.72 Å². The normalized spacial score (nSPS) is 11.4. The van der Waals surface area contributed by atoms with Gasteiger partial charge in [0, 0.05) is 11.8 Å². The van der Waals surface area contributed by atoms with E-state index < -0.39 is 17.8 Å². The van der Waals surface area contributed by atoms with Crippen LogP contribution in [0, 0.1) is 6.92 Å². The van der Waals surface area contributed by atoms with Crippen molar-refractivity contribution in [1.29, 1.82) is 0 Å². The van der Waals surface area contributed by atoms with Gasteiger partial charge in [0.1, 0.15) is 11.3 Å². The van der Waals surface area contributed by atoms with Crippen LogP contribution in [0.4, 0.5) is 18.9 Å². The number of carbonyl (C=O) groups is 1. The fourth-order valence-electron chi connectivity index (χ4n) is 1.28. The van der Waals surface area contributed by atoms with Gasteiger partial charge in [-0.05, 0) is 13.8 Å². The molecule has 0 aliphatic heterocycles. The third-order valence-corrected chi connectivity index (χ3v) is 2.14. The summed E-state index contributed by atoms with van der Waals surface area (Å²) in [6.07, 6.45) is -3.81. The Bertz CT molecular complexity index is 444. The molecule has 4 nitrogen and oxygen atoms in total. The number of nitrogen functional groups attached to an aromatic ring is 1. The van der Waals surface area contributed by atoms with Crippen LogP contribution in [0.3, 0.4) is 0 Å². The van der Waals surface area contributed by atoms with Gasteiger partial charge < -0.3 is 10.5 Å². The van der Waals surface area contributed by atoms with Crippen molar-refractivity contribution in [3.05, 3.63) is 23.0 Å². The SMILES string of the molecule is CCOC(=O)c1cnc(C(F)(F)F)c(C)c1N. The summed E-state index contributed by atoms with van der Waals surface area (Å²) in [5, 5.41) is 0. The van der Waals surface area contributed by atoms with E-state index in [0.717, 1.165) is 13.1 Å². The van der Waals surface area contributed by atoms with Gasteiger partial charge in [-0.3, -0.25) is 4.98 Å². The molecule has 0 spiro atoms. The topological polar surface area (TPSA) is 65.2 Å². The fourth-order valence-corrected chi connectivity index (χ4v) is 1.28. The molecular formula is C10H11F3N2O2. The lowest BCUT2D eigenvalue weighted by Crippen LogP contribution is -2.16. The van der Waals surface area contributed by atoms with Gasteiger partial charge in [0.25, 0.3) is 0 Å². The smallest absolute Gasteiger partial charge is 0.433 e. The predicted molar refractivity (Wildman–Crippen MR) is 54.3 cm³/mol. The molecule has 0 saturated heterocycles. The first-order valence-electron chi connectivity index (χ1n) is 4.78. The minimum absolute atomic E-state index is 0.109. The van der Waals surface area contributed by atoms with E-state index in [4.69, 9.17) is 5.73 Å². The molecule has 1 aromatic heterocycles. The van der Waals surface area contributed by atoms with Gasteiger partial charge in [0.15, 0.2) is 0 Å². The van der Waals surface area contributed by atoms with Gasteiger partial charge in [-0.15, -0.1) is 0 Å². The first kappa shape index (κ1) is 13.3. The van der Waals surface area contributed by atoms with Crippen LogP contribution < -0.4 is 5.73 Å². The number of alkyl halides is 3. The summed E-state index contributed by atoms with van der Waals surface area (Å²) in [6.45, 7) is 2.85. The lowest BCUT2D eigenvalue weighted by atomic mass is 10.1. The second-order valence-electron chi connectivity index (χ2n) is 3.28. The molecule has 0 aliphatic carbocycles. The second kappa shape index (κ2) is 4.60. The quantitative estimate of drug-likeness (QED) is 0.814. The average molecular weight is 248 g/mol. The van der Waals surface area contributed by atoms with Crippen molar-refractivity contribution in [2.45, 2.75) is 20.0 Å². The lowest BCUT2D eigenvalue weighted by molar-refractivity contribution is -0.141. The number of pyridine rings is 1. The minimum atomic E-state index is -4.59. The molecule has 0 fully saturated rings. The summed E-state index contributed by atoms with van der Waals surface area (Å²) in [7, 11) is 0. The zero-order chi connectivity index (χ0) is 13.2. The molecular weight excluding hydrogens is 237 g/mol. The number of nitrogens with zero attached hydrogens (tertiary/aromatic N) is 1. The Morgan fingerprint density at radius 1 is 1.53 bits per heavy atom. The van der Waals surface area contributed by atoms with Gasteiger partial charge in [-0.25, -0.2) is 4.79 Å². The van der Waals surface area contributed by atoms with Crippen LogP contribution in [-0.4, -0.2) is 17.6 Å². The van der Waals surface area contributed by atoms with Gasteiger partial charge in [-0.2, -0.15) is 13.2 Å². The van der Waals surface area contributed by atoms with Crippen molar-refractivity contribution in [2.24, 2.45) is 0 Å². The van der Waals surface area contributed by atoms with Crippen LogP contribution in [-0.2, 0) is 10.9 Å². The molecule has 0 aliphatic rings. The van der Waals surface area contributed by atoms with Gasteiger partial charge in [-0.1, -0.05) is 0 Å². The van der Waals surface area contributed by atoms with Crippen molar-refractivity contribution >= 4 is 11.7 Å². The summed E-state index contributed by atoms with van der Waals surface area (Å²) in [5.74, 6) is -0.783. The number of aromatic nitrogens is 1. The third kappa shape index (κ3) is 2.66. The molecule has 17 heavy (non-hydrogen) atoms. The minimum Gasteiger partial charge on any atom is -0.462 e. The second-order valence-corrected chi connectivity index (χ2v) is 3.28. The Hall–Kier alpha value is -1.79. The molecule has 7 heteroatoms. The molecule has 1 heterocycles. The maximum Gasteiger partial charge on any atom is 0.433 e. The summed E-state index contributed by atoms with van der Waals surface area (Å²) < 4.78 is 42.1. The number of carbonyl (C=O) groups excluding carboxylic acids is 1. The summed E-state index contributed by atoms with van der Waals surface area (Å²) in [5.41, 5.74) is 3.69. The molecule has 0 amide bonds. The maximum atomic E-state index is 12.5. The van der Waals surface area contributed by atoms with Gasteiger partial charge in [0.05, 0.1) is 12.3 Å². The average Bonchev–Trinajstić information content (AvgIpc) is 2.20. The Morgan fingerprint density at radius 2 is 2.12 bits per heavy atom. The van der Waals surface area contributed by atoms with Crippen molar-refractivity contribution in [1.82, 2.24) is 4.98 Å². The molecule has 1 rings (SSSR count). The molecule has 0 unspecified atom stereocenters. The van der Waals surface area contributed by atoms with E-state index in [1.165, 1.54) is 0 Å². The van der Waals surface area contributed by atoms with Crippen LogP contribution in [0.1, 0.15) is 28.5 Å². The number of hydrogen-bond acceptors (Lipinski definition) is 4. The Kier molecular flexibility index (Phi) is 3.59. The molecule has 0 radical (unpaired) electrons. The Balaban J connectivity index is 3.25. The highest BCUT2D eigenvalue weighted by Gasteiger charge is 2.36. The molecule has 1 aromatic rings. The van der Waals surface area contributed by atoms with Crippen LogP contribution in [0.2, 0.25) is 0 Å². The number of ether oxygens (including phenoxy) is 1. The first-order chi connectivity index (χ1) is 7.79. The van der Waals surface area contributed by atoms with E-state index in [-0.39, 0.29) is 23.4 Å². The lowest BCUT2D eigenvalue weighted by Gasteiger charge is -2.13. The van der Waals surface area contributed by atoms with E-state index in [9.17, 15) is 18.0 Å². The monoisotopic (exact) mass is 248 g/mol. The fraction of sp³-hybridized carbons (Fsp3) is 0.400. The van der Waals surface area contributed by atoms with Crippen molar-refractivity contribution in [2.75, 3.05) is 12.3 Å². The van der Waals surface area contributed by atoms with E-state index in [1.54, 1.807) is 6.92 Å². The van der Waals surface area contributed by atoms with Crippen LogP contribution >= 0.6 is 0 Å². The van der Waals surface area contributed by atoms with E-state index in [1.807, 2.05) is 0 Å². The zero-order valence-electron chi connectivity index (χ0n) is 9.26. The molecule has 94 valence electrons. The Labute approximate surface area is 95.6 Å².